The molecule has 1 unspecified atom stereocenters. The summed E-state index contributed by atoms with van der Waals surface area (Å²) in [5, 5.41) is 11.6. The predicted molar refractivity (Wildman–Crippen MR) is 165 cm³/mol. The van der Waals surface area contributed by atoms with E-state index in [0.29, 0.717) is 47.4 Å². The molecule has 1 fully saturated rings. The van der Waals surface area contributed by atoms with Gasteiger partial charge in [-0.3, -0.25) is 14.5 Å². The number of carbonyl (C=O) groups excluding carboxylic acids is 2. The van der Waals surface area contributed by atoms with Crippen molar-refractivity contribution in [1.82, 2.24) is 0 Å². The van der Waals surface area contributed by atoms with Crippen LogP contribution in [0.25, 0.3) is 5.76 Å². The van der Waals surface area contributed by atoms with Gasteiger partial charge in [0.1, 0.15) is 23.9 Å². The van der Waals surface area contributed by atoms with Gasteiger partial charge in [0.2, 0.25) is 0 Å². The number of anilines is 1. The fraction of sp³-hybridized carbons (Fsp3) is 0.222. The second-order valence-corrected chi connectivity index (χ2v) is 11.0. The maximum absolute atomic E-state index is 13.6. The molecule has 0 saturated carbocycles. The molecule has 0 radical (unpaired) electrons. The number of rotatable bonds is 9. The monoisotopic (exact) mass is 561 g/mol. The van der Waals surface area contributed by atoms with E-state index in [1.807, 2.05) is 92.7 Å². The van der Waals surface area contributed by atoms with Gasteiger partial charge in [-0.15, -0.1) is 0 Å². The van der Waals surface area contributed by atoms with Gasteiger partial charge < -0.3 is 14.6 Å². The van der Waals surface area contributed by atoms with Crippen LogP contribution in [0.5, 0.6) is 11.5 Å². The summed E-state index contributed by atoms with van der Waals surface area (Å²) in [4.78, 5) is 28.6. The fourth-order valence-corrected chi connectivity index (χ4v) is 5.01. The summed E-state index contributed by atoms with van der Waals surface area (Å²) < 4.78 is 12.0. The Morgan fingerprint density at radius 2 is 1.60 bits per heavy atom. The van der Waals surface area contributed by atoms with E-state index in [2.05, 4.69) is 13.8 Å². The lowest BCUT2D eigenvalue weighted by atomic mass is 9.94. The lowest BCUT2D eigenvalue weighted by Crippen LogP contribution is -2.29. The molecule has 214 valence electrons. The molecular formula is C36H35NO5. The van der Waals surface area contributed by atoms with Crippen molar-refractivity contribution in [2.75, 3.05) is 11.5 Å². The largest absolute Gasteiger partial charge is 0.507 e. The van der Waals surface area contributed by atoms with Crippen LogP contribution in [0.3, 0.4) is 0 Å². The van der Waals surface area contributed by atoms with E-state index < -0.39 is 17.7 Å². The number of ketones is 1. The summed E-state index contributed by atoms with van der Waals surface area (Å²) in [5.74, 6) is -0.0468. The molecule has 4 aromatic rings. The third kappa shape index (κ3) is 6.08. The van der Waals surface area contributed by atoms with Crippen LogP contribution >= 0.6 is 0 Å². The number of aliphatic hydroxyl groups excluding tert-OH is 1. The second kappa shape index (κ2) is 12.4. The number of aryl methyl sites for hydroxylation is 2. The molecule has 0 aromatic heterocycles. The Balaban J connectivity index is 1.56. The molecule has 0 bridgehead atoms. The number of ether oxygens (including phenoxy) is 2. The molecule has 1 atom stereocenters. The summed E-state index contributed by atoms with van der Waals surface area (Å²) >= 11 is 0. The molecule has 6 heteroatoms. The Morgan fingerprint density at radius 3 is 2.29 bits per heavy atom. The molecule has 1 saturated heterocycles. The smallest absolute Gasteiger partial charge is 0.300 e. The normalized spacial score (nSPS) is 16.2. The van der Waals surface area contributed by atoms with Gasteiger partial charge in [0.25, 0.3) is 11.7 Å². The fourth-order valence-electron chi connectivity index (χ4n) is 5.01. The minimum Gasteiger partial charge on any atom is -0.507 e. The second-order valence-electron chi connectivity index (χ2n) is 11.0. The predicted octanol–water partition coefficient (Wildman–Crippen LogP) is 7.54. The van der Waals surface area contributed by atoms with Gasteiger partial charge in [0, 0.05) is 11.3 Å². The van der Waals surface area contributed by atoms with Crippen LogP contribution in [0, 0.1) is 19.8 Å². The molecule has 0 spiro atoms. The van der Waals surface area contributed by atoms with Gasteiger partial charge in [0.15, 0.2) is 0 Å². The maximum atomic E-state index is 13.6. The molecule has 42 heavy (non-hydrogen) atoms. The van der Waals surface area contributed by atoms with E-state index in [9.17, 15) is 14.7 Å². The molecule has 5 rings (SSSR count). The molecule has 1 amide bonds. The highest BCUT2D eigenvalue weighted by atomic mass is 16.5. The van der Waals surface area contributed by atoms with E-state index in [1.54, 1.807) is 18.2 Å². The topological polar surface area (TPSA) is 76.1 Å². The molecule has 0 aliphatic carbocycles. The average molecular weight is 562 g/mol. The summed E-state index contributed by atoms with van der Waals surface area (Å²) in [5.41, 5.74) is 4.56. The van der Waals surface area contributed by atoms with Crippen LogP contribution in [-0.4, -0.2) is 23.4 Å². The zero-order valence-electron chi connectivity index (χ0n) is 24.3. The third-order valence-electron chi connectivity index (χ3n) is 7.20. The van der Waals surface area contributed by atoms with Crippen molar-refractivity contribution < 1.29 is 24.2 Å². The first-order valence-electron chi connectivity index (χ1n) is 14.1. The Labute approximate surface area is 246 Å². The zero-order valence-corrected chi connectivity index (χ0v) is 24.3. The van der Waals surface area contributed by atoms with Crippen LogP contribution in [0.2, 0.25) is 0 Å². The SMILES string of the molecule is Cc1ccc(N2C(=O)C(=O)/C(=C(/O)c3ccc(OCc4ccccc4)c(C)c3)C2c2cccc(OCC(C)C)c2)cc1. The van der Waals surface area contributed by atoms with Crippen molar-refractivity contribution in [3.8, 4) is 11.5 Å². The van der Waals surface area contributed by atoms with Crippen molar-refractivity contribution in [2.24, 2.45) is 5.92 Å². The lowest BCUT2D eigenvalue weighted by Gasteiger charge is -2.26. The number of carbonyl (C=O) groups is 2. The van der Waals surface area contributed by atoms with Crippen molar-refractivity contribution in [2.45, 2.75) is 40.3 Å². The van der Waals surface area contributed by atoms with E-state index in [0.717, 1.165) is 16.7 Å². The first kappa shape index (κ1) is 28.7. The Morgan fingerprint density at radius 1 is 0.857 bits per heavy atom. The highest BCUT2D eigenvalue weighted by Crippen LogP contribution is 2.43. The summed E-state index contributed by atoms with van der Waals surface area (Å²) in [6.45, 7) is 8.91. The zero-order chi connectivity index (χ0) is 29.8. The van der Waals surface area contributed by atoms with E-state index in [1.165, 1.54) is 4.90 Å². The molecule has 6 nitrogen and oxygen atoms in total. The summed E-state index contributed by atoms with van der Waals surface area (Å²) in [6.07, 6.45) is 0. The van der Waals surface area contributed by atoms with Crippen LogP contribution in [0.1, 0.15) is 47.7 Å². The Hall–Kier alpha value is -4.84. The molecule has 1 aliphatic rings. The first-order chi connectivity index (χ1) is 20.2. The van der Waals surface area contributed by atoms with Crippen molar-refractivity contribution in [3.63, 3.8) is 0 Å². The number of hydrogen-bond donors (Lipinski definition) is 1. The van der Waals surface area contributed by atoms with Gasteiger partial charge in [-0.05, 0) is 78.9 Å². The number of hydrogen-bond acceptors (Lipinski definition) is 5. The first-order valence-corrected chi connectivity index (χ1v) is 14.1. The number of nitrogens with zero attached hydrogens (tertiary/aromatic N) is 1. The van der Waals surface area contributed by atoms with Crippen molar-refractivity contribution in [3.05, 3.63) is 130 Å². The molecule has 4 aromatic carbocycles. The lowest BCUT2D eigenvalue weighted by molar-refractivity contribution is -0.132. The van der Waals surface area contributed by atoms with Crippen LogP contribution in [-0.2, 0) is 16.2 Å². The number of benzene rings is 4. The van der Waals surface area contributed by atoms with Crippen LogP contribution < -0.4 is 14.4 Å². The molecular weight excluding hydrogens is 526 g/mol. The Bertz CT molecular complexity index is 1620. The summed E-state index contributed by atoms with van der Waals surface area (Å²) in [6, 6.07) is 29.1. The van der Waals surface area contributed by atoms with Gasteiger partial charge >= 0.3 is 0 Å². The average Bonchev–Trinajstić information content (AvgIpc) is 3.26. The van der Waals surface area contributed by atoms with Gasteiger partial charge in [0.05, 0.1) is 18.2 Å². The standard InChI is InChI=1S/C36H35NO5/c1-23(2)21-41-30-12-8-11-27(20-30)33-32(35(39)36(40)37(33)29-16-13-24(3)14-17-29)34(38)28-15-18-31(25(4)19-28)42-22-26-9-6-5-7-10-26/h5-20,23,33,38H,21-22H2,1-4H3/b34-32+. The molecule has 1 aliphatic heterocycles. The van der Waals surface area contributed by atoms with E-state index >= 15 is 0 Å². The summed E-state index contributed by atoms with van der Waals surface area (Å²) in [7, 11) is 0. The van der Waals surface area contributed by atoms with Crippen molar-refractivity contribution in [1.29, 1.82) is 0 Å². The van der Waals surface area contributed by atoms with Gasteiger partial charge in [-0.1, -0.05) is 74.0 Å². The highest BCUT2D eigenvalue weighted by Gasteiger charge is 2.47. The van der Waals surface area contributed by atoms with Crippen LogP contribution in [0.4, 0.5) is 5.69 Å². The number of Topliss-reactive ketones (excluding diaryl/α,β-unsaturated/α-hetero) is 1. The molecule has 1 heterocycles. The van der Waals surface area contributed by atoms with Gasteiger partial charge in [-0.25, -0.2) is 0 Å². The minimum absolute atomic E-state index is 0.0268. The van der Waals surface area contributed by atoms with Gasteiger partial charge in [-0.2, -0.15) is 0 Å². The van der Waals surface area contributed by atoms with Crippen molar-refractivity contribution >= 4 is 23.1 Å². The minimum atomic E-state index is -0.843. The highest BCUT2D eigenvalue weighted by molar-refractivity contribution is 6.51. The third-order valence-corrected chi connectivity index (χ3v) is 7.20. The van der Waals surface area contributed by atoms with E-state index in [4.69, 9.17) is 9.47 Å². The van der Waals surface area contributed by atoms with E-state index in [-0.39, 0.29) is 11.3 Å². The number of amides is 1. The number of aliphatic hydroxyl groups is 1. The quantitative estimate of drug-likeness (QED) is 0.130. The maximum Gasteiger partial charge on any atom is 0.300 e. The molecule has 1 N–H and O–H groups in total. The van der Waals surface area contributed by atoms with Crippen LogP contribution in [0.15, 0.2) is 103 Å². The Kier molecular flexibility index (Phi) is 8.43.